The third kappa shape index (κ3) is 2.51. The van der Waals surface area contributed by atoms with Crippen LogP contribution in [-0.4, -0.2) is 31.1 Å². The van der Waals surface area contributed by atoms with E-state index in [-0.39, 0.29) is 5.92 Å². The van der Waals surface area contributed by atoms with Crippen LogP contribution in [0.3, 0.4) is 0 Å². The van der Waals surface area contributed by atoms with Crippen LogP contribution in [-0.2, 0) is 10.0 Å². The molecule has 0 aromatic heterocycles. The van der Waals surface area contributed by atoms with Crippen molar-refractivity contribution < 1.29 is 8.42 Å². The highest BCUT2D eigenvalue weighted by atomic mass is 32.2. The van der Waals surface area contributed by atoms with Crippen LogP contribution >= 0.6 is 0 Å². The van der Waals surface area contributed by atoms with Crippen molar-refractivity contribution in [1.82, 2.24) is 4.31 Å². The van der Waals surface area contributed by atoms with Crippen LogP contribution in [0.2, 0.25) is 0 Å². The highest BCUT2D eigenvalue weighted by Gasteiger charge is 2.34. The molecule has 1 heterocycles. The first-order valence-electron chi connectivity index (χ1n) is 6.65. The van der Waals surface area contributed by atoms with E-state index >= 15 is 0 Å². The number of nitrogens with zero attached hydrogens (tertiary/aromatic N) is 2. The van der Waals surface area contributed by atoms with Crippen LogP contribution in [0.1, 0.15) is 37.3 Å². The summed E-state index contributed by atoms with van der Waals surface area (Å²) in [6.45, 7) is 4.33. The molecule has 1 unspecified atom stereocenters. The molecule has 1 fully saturated rings. The number of para-hydroxylation sites is 1. The number of hydrogen-bond donors (Lipinski definition) is 1. The second-order valence-corrected chi connectivity index (χ2v) is 7.85. The molecule has 2 rings (SSSR count). The average molecular weight is 293 g/mol. The number of rotatable bonds is 3. The van der Waals surface area contributed by atoms with E-state index in [4.69, 9.17) is 11.0 Å². The fourth-order valence-corrected chi connectivity index (χ4v) is 3.89. The summed E-state index contributed by atoms with van der Waals surface area (Å²) in [5.41, 5.74) is 7.80. The van der Waals surface area contributed by atoms with Crippen molar-refractivity contribution in [3.05, 3.63) is 29.3 Å². The van der Waals surface area contributed by atoms with Gasteiger partial charge in [0.2, 0.25) is 10.0 Å². The first kappa shape index (κ1) is 14.8. The molecule has 108 valence electrons. The molecular formula is C14H19N3O2S. The van der Waals surface area contributed by atoms with Gasteiger partial charge in [-0.3, -0.25) is 0 Å². The van der Waals surface area contributed by atoms with Gasteiger partial charge < -0.3 is 5.73 Å². The van der Waals surface area contributed by atoms with Gasteiger partial charge in [-0.25, -0.2) is 12.7 Å². The summed E-state index contributed by atoms with van der Waals surface area (Å²) in [5, 5.41) is 8.59. The minimum atomic E-state index is -3.22. The Morgan fingerprint density at radius 2 is 2.15 bits per heavy atom. The van der Waals surface area contributed by atoms with E-state index in [1.807, 2.05) is 6.07 Å². The molecule has 1 aliphatic heterocycles. The lowest BCUT2D eigenvalue weighted by atomic mass is 9.95. The van der Waals surface area contributed by atoms with E-state index in [0.717, 1.165) is 12.0 Å². The number of nitriles is 1. The first-order valence-corrected chi connectivity index (χ1v) is 8.15. The van der Waals surface area contributed by atoms with Crippen LogP contribution in [0.5, 0.6) is 0 Å². The smallest absolute Gasteiger partial charge is 0.216 e. The normalized spacial score (nSPS) is 20.2. The zero-order chi connectivity index (χ0) is 14.9. The van der Waals surface area contributed by atoms with Gasteiger partial charge in [0.05, 0.1) is 16.5 Å². The highest BCUT2D eigenvalue weighted by Crippen LogP contribution is 2.34. The second kappa shape index (κ2) is 5.43. The third-order valence-electron chi connectivity index (χ3n) is 3.81. The van der Waals surface area contributed by atoms with Crippen LogP contribution in [0.15, 0.2) is 18.2 Å². The molecule has 0 radical (unpaired) electrons. The van der Waals surface area contributed by atoms with Crippen LogP contribution in [0, 0.1) is 11.3 Å². The van der Waals surface area contributed by atoms with Crippen molar-refractivity contribution in [3.8, 4) is 6.07 Å². The summed E-state index contributed by atoms with van der Waals surface area (Å²) in [6, 6.07) is 7.42. The minimum Gasteiger partial charge on any atom is -0.397 e. The molecule has 20 heavy (non-hydrogen) atoms. The number of sulfonamides is 1. The summed E-state index contributed by atoms with van der Waals surface area (Å²) in [4.78, 5) is 0. The van der Waals surface area contributed by atoms with Crippen LogP contribution in [0.4, 0.5) is 5.69 Å². The molecule has 1 atom stereocenters. The Labute approximate surface area is 120 Å². The summed E-state index contributed by atoms with van der Waals surface area (Å²) in [7, 11) is -3.22. The molecule has 2 N–H and O–H groups in total. The van der Waals surface area contributed by atoms with Crippen LogP contribution in [0.25, 0.3) is 0 Å². The molecule has 0 bridgehead atoms. The van der Waals surface area contributed by atoms with Gasteiger partial charge in [0.1, 0.15) is 6.07 Å². The lowest BCUT2D eigenvalue weighted by Gasteiger charge is -2.19. The summed E-state index contributed by atoms with van der Waals surface area (Å²) < 4.78 is 25.8. The number of nitrogens with two attached hydrogens (primary N) is 1. The molecule has 1 aromatic rings. The topological polar surface area (TPSA) is 87.2 Å². The Kier molecular flexibility index (Phi) is 4.02. The number of anilines is 1. The van der Waals surface area contributed by atoms with E-state index in [9.17, 15) is 8.42 Å². The molecule has 0 amide bonds. The highest BCUT2D eigenvalue weighted by molar-refractivity contribution is 7.89. The predicted molar refractivity (Wildman–Crippen MR) is 78.6 cm³/mol. The molecule has 5 nitrogen and oxygen atoms in total. The largest absolute Gasteiger partial charge is 0.397 e. The van der Waals surface area contributed by atoms with E-state index in [0.29, 0.717) is 24.3 Å². The molecule has 1 saturated heterocycles. The Morgan fingerprint density at radius 1 is 1.45 bits per heavy atom. The summed E-state index contributed by atoms with van der Waals surface area (Å²) in [6.07, 6.45) is 0.741. The Balaban J connectivity index is 2.25. The van der Waals surface area contributed by atoms with Crippen molar-refractivity contribution in [1.29, 1.82) is 5.26 Å². The second-order valence-electron chi connectivity index (χ2n) is 5.36. The maximum absolute atomic E-state index is 12.2. The maximum Gasteiger partial charge on any atom is 0.216 e. The van der Waals surface area contributed by atoms with Gasteiger partial charge in [-0.05, 0) is 31.9 Å². The SMILES string of the molecule is CC(C)S(=O)(=O)N1CCC(c2cccc(C#N)c2N)C1. The standard InChI is InChI=1S/C14H19N3O2S/c1-10(2)20(18,19)17-7-6-12(9-17)13-5-3-4-11(8-15)14(13)16/h3-5,10,12H,6-7,9,16H2,1-2H3. The molecule has 0 saturated carbocycles. The van der Waals surface area contributed by atoms with Gasteiger partial charge in [0.25, 0.3) is 0 Å². The van der Waals surface area contributed by atoms with Crippen molar-refractivity contribution in [2.24, 2.45) is 0 Å². The third-order valence-corrected chi connectivity index (χ3v) is 6.05. The van der Waals surface area contributed by atoms with Gasteiger partial charge in [-0.2, -0.15) is 5.26 Å². The molecule has 0 aliphatic carbocycles. The number of hydrogen-bond acceptors (Lipinski definition) is 4. The first-order chi connectivity index (χ1) is 9.37. The molecule has 0 spiro atoms. The Hall–Kier alpha value is -1.58. The van der Waals surface area contributed by atoms with Crippen molar-refractivity contribution in [2.75, 3.05) is 18.8 Å². The number of benzene rings is 1. The predicted octanol–water partition coefficient (Wildman–Crippen LogP) is 1.67. The van der Waals surface area contributed by atoms with Crippen molar-refractivity contribution >= 4 is 15.7 Å². The van der Waals surface area contributed by atoms with Crippen molar-refractivity contribution in [3.63, 3.8) is 0 Å². The molecule has 1 aliphatic rings. The molecule has 6 heteroatoms. The van der Waals surface area contributed by atoms with Gasteiger partial charge in [-0.1, -0.05) is 12.1 Å². The fraction of sp³-hybridized carbons (Fsp3) is 0.500. The zero-order valence-corrected chi connectivity index (χ0v) is 12.5. The molecular weight excluding hydrogens is 274 g/mol. The van der Waals surface area contributed by atoms with Gasteiger partial charge in [-0.15, -0.1) is 0 Å². The minimum absolute atomic E-state index is 0.0665. The zero-order valence-electron chi connectivity index (χ0n) is 11.7. The monoisotopic (exact) mass is 293 g/mol. The fourth-order valence-electron chi connectivity index (χ4n) is 2.55. The lowest BCUT2D eigenvalue weighted by molar-refractivity contribution is 0.465. The molecule has 1 aromatic carbocycles. The summed E-state index contributed by atoms with van der Waals surface area (Å²) >= 11 is 0. The van der Waals surface area contributed by atoms with E-state index in [2.05, 4.69) is 6.07 Å². The maximum atomic E-state index is 12.2. The Morgan fingerprint density at radius 3 is 2.75 bits per heavy atom. The summed E-state index contributed by atoms with van der Waals surface area (Å²) in [5.74, 6) is 0.0665. The van der Waals surface area contributed by atoms with E-state index < -0.39 is 15.3 Å². The quantitative estimate of drug-likeness (QED) is 0.859. The lowest BCUT2D eigenvalue weighted by Crippen LogP contribution is -2.34. The van der Waals surface area contributed by atoms with Gasteiger partial charge >= 0.3 is 0 Å². The van der Waals surface area contributed by atoms with E-state index in [1.165, 1.54) is 4.31 Å². The van der Waals surface area contributed by atoms with E-state index in [1.54, 1.807) is 26.0 Å². The Bertz CT molecular complexity index is 647. The van der Waals surface area contributed by atoms with Crippen LogP contribution < -0.4 is 5.73 Å². The van der Waals surface area contributed by atoms with Crippen molar-refractivity contribution in [2.45, 2.75) is 31.4 Å². The van der Waals surface area contributed by atoms with Gasteiger partial charge in [0.15, 0.2) is 0 Å². The van der Waals surface area contributed by atoms with Gasteiger partial charge in [0, 0.05) is 19.0 Å². The average Bonchev–Trinajstić information content (AvgIpc) is 2.89. The number of nitrogen functional groups attached to an aromatic ring is 1.